The maximum Gasteiger partial charge on any atom is 0.259 e. The fourth-order valence-electron chi connectivity index (χ4n) is 1.80. The molecule has 104 valence electrons. The van der Waals surface area contributed by atoms with Gasteiger partial charge in [-0.05, 0) is 29.8 Å². The van der Waals surface area contributed by atoms with Crippen LogP contribution in [0.1, 0.15) is 15.9 Å². The van der Waals surface area contributed by atoms with Crippen LogP contribution in [0.5, 0.6) is 11.5 Å². The Morgan fingerprint density at radius 3 is 2.75 bits per heavy atom. The number of carbonyl (C=O) groups is 1. The second kappa shape index (κ2) is 6.43. The highest BCUT2D eigenvalue weighted by Gasteiger charge is 2.14. The van der Waals surface area contributed by atoms with E-state index in [2.05, 4.69) is 21.2 Å². The van der Waals surface area contributed by atoms with Crippen molar-refractivity contribution in [3.63, 3.8) is 0 Å². The predicted molar refractivity (Wildman–Crippen MR) is 81.7 cm³/mol. The molecule has 0 aromatic heterocycles. The maximum atomic E-state index is 12.2. The van der Waals surface area contributed by atoms with Crippen molar-refractivity contribution in [3.05, 3.63) is 53.6 Å². The lowest BCUT2D eigenvalue weighted by atomic mass is 10.1. The molecule has 2 rings (SSSR count). The van der Waals surface area contributed by atoms with Gasteiger partial charge in [-0.1, -0.05) is 34.1 Å². The number of amides is 1. The molecule has 0 saturated carbocycles. The average Bonchev–Trinajstić information content (AvgIpc) is 2.47. The van der Waals surface area contributed by atoms with Crippen LogP contribution in [0.2, 0.25) is 0 Å². The predicted octanol–water partition coefficient (Wildman–Crippen LogP) is 3.55. The van der Waals surface area contributed by atoms with Crippen LogP contribution in [-0.2, 0) is 5.33 Å². The van der Waals surface area contributed by atoms with Gasteiger partial charge in [-0.3, -0.25) is 4.79 Å². The lowest BCUT2D eigenvalue weighted by Gasteiger charge is -2.10. The molecule has 0 aliphatic rings. The lowest BCUT2D eigenvalue weighted by Crippen LogP contribution is -2.12. The Morgan fingerprint density at radius 2 is 2.05 bits per heavy atom. The maximum absolute atomic E-state index is 12.2. The number of alkyl halides is 1. The van der Waals surface area contributed by atoms with Crippen molar-refractivity contribution in [3.8, 4) is 11.5 Å². The SMILES string of the molecule is COc1cccc(C(=O)Nc2cccc(CBr)c2)c1O. The van der Waals surface area contributed by atoms with Crippen molar-refractivity contribution in [2.45, 2.75) is 5.33 Å². The molecule has 0 fully saturated rings. The Kier molecular flexibility index (Phi) is 4.63. The largest absolute Gasteiger partial charge is 0.504 e. The van der Waals surface area contributed by atoms with Crippen molar-refractivity contribution < 1.29 is 14.6 Å². The Morgan fingerprint density at radius 1 is 1.30 bits per heavy atom. The van der Waals surface area contributed by atoms with Crippen molar-refractivity contribution in [2.24, 2.45) is 0 Å². The monoisotopic (exact) mass is 335 g/mol. The number of carbonyl (C=O) groups excluding carboxylic acids is 1. The zero-order valence-corrected chi connectivity index (χ0v) is 12.5. The first kappa shape index (κ1) is 14.4. The number of aromatic hydroxyl groups is 1. The minimum atomic E-state index is -0.381. The van der Waals surface area contributed by atoms with Gasteiger partial charge in [-0.15, -0.1) is 0 Å². The van der Waals surface area contributed by atoms with Crippen molar-refractivity contribution >= 4 is 27.5 Å². The number of rotatable bonds is 4. The zero-order valence-electron chi connectivity index (χ0n) is 10.9. The Bertz CT molecular complexity index is 628. The minimum absolute atomic E-state index is 0.163. The van der Waals surface area contributed by atoms with Crippen LogP contribution < -0.4 is 10.1 Å². The molecule has 0 radical (unpaired) electrons. The normalized spacial score (nSPS) is 10.1. The number of halogens is 1. The van der Waals surface area contributed by atoms with Crippen molar-refractivity contribution in [1.82, 2.24) is 0 Å². The molecule has 2 N–H and O–H groups in total. The summed E-state index contributed by atoms with van der Waals surface area (Å²) < 4.78 is 4.99. The molecule has 2 aromatic rings. The number of benzene rings is 2. The number of methoxy groups -OCH3 is 1. The summed E-state index contributed by atoms with van der Waals surface area (Å²) in [5.74, 6) is -0.274. The van der Waals surface area contributed by atoms with Crippen molar-refractivity contribution in [1.29, 1.82) is 0 Å². The van der Waals surface area contributed by atoms with E-state index in [1.165, 1.54) is 7.11 Å². The highest BCUT2D eigenvalue weighted by atomic mass is 79.9. The van der Waals surface area contributed by atoms with Gasteiger partial charge in [0.2, 0.25) is 0 Å². The Balaban J connectivity index is 2.24. The van der Waals surface area contributed by atoms with Gasteiger partial charge in [0.25, 0.3) is 5.91 Å². The summed E-state index contributed by atoms with van der Waals surface area (Å²) in [5.41, 5.74) is 1.90. The quantitative estimate of drug-likeness (QED) is 0.840. The van der Waals surface area contributed by atoms with Gasteiger partial charge < -0.3 is 15.2 Å². The van der Waals surface area contributed by atoms with E-state index in [1.54, 1.807) is 24.3 Å². The first-order valence-electron chi connectivity index (χ1n) is 5.98. The van der Waals surface area contributed by atoms with Crippen LogP contribution in [0, 0.1) is 0 Å². The molecule has 0 atom stereocenters. The van der Waals surface area contributed by atoms with Crippen LogP contribution in [0.25, 0.3) is 0 Å². The smallest absolute Gasteiger partial charge is 0.259 e. The van der Waals surface area contributed by atoms with E-state index in [0.29, 0.717) is 11.0 Å². The molecule has 0 spiro atoms. The van der Waals surface area contributed by atoms with E-state index in [0.717, 1.165) is 5.56 Å². The number of hydrogen-bond acceptors (Lipinski definition) is 3. The van der Waals surface area contributed by atoms with Gasteiger partial charge in [-0.2, -0.15) is 0 Å². The molecule has 0 saturated heterocycles. The van der Waals surface area contributed by atoms with E-state index in [9.17, 15) is 9.90 Å². The summed E-state index contributed by atoms with van der Waals surface area (Å²) in [6.45, 7) is 0. The molecule has 0 heterocycles. The second-order valence-electron chi connectivity index (χ2n) is 4.14. The number of para-hydroxylation sites is 1. The number of ether oxygens (including phenoxy) is 1. The fraction of sp³-hybridized carbons (Fsp3) is 0.133. The third kappa shape index (κ3) is 3.11. The summed E-state index contributed by atoms with van der Waals surface area (Å²) >= 11 is 3.36. The third-order valence-corrected chi connectivity index (χ3v) is 3.45. The van der Waals surface area contributed by atoms with E-state index in [1.807, 2.05) is 18.2 Å². The van der Waals surface area contributed by atoms with E-state index in [-0.39, 0.29) is 23.0 Å². The van der Waals surface area contributed by atoms with Gasteiger partial charge in [-0.25, -0.2) is 0 Å². The van der Waals surface area contributed by atoms with Crippen molar-refractivity contribution in [2.75, 3.05) is 12.4 Å². The molecular weight excluding hydrogens is 322 g/mol. The van der Waals surface area contributed by atoms with Gasteiger partial charge >= 0.3 is 0 Å². The number of hydrogen-bond donors (Lipinski definition) is 2. The number of phenolic OH excluding ortho intramolecular Hbond substituents is 1. The number of phenols is 1. The minimum Gasteiger partial charge on any atom is -0.504 e. The molecule has 1 amide bonds. The molecule has 2 aromatic carbocycles. The summed E-state index contributed by atoms with van der Waals surface area (Å²) in [6, 6.07) is 12.3. The summed E-state index contributed by atoms with van der Waals surface area (Å²) in [7, 11) is 1.44. The summed E-state index contributed by atoms with van der Waals surface area (Å²) in [4.78, 5) is 12.2. The molecule has 20 heavy (non-hydrogen) atoms. The van der Waals surface area contributed by atoms with E-state index < -0.39 is 0 Å². The Labute approximate surface area is 125 Å². The van der Waals surface area contributed by atoms with Gasteiger partial charge in [0, 0.05) is 11.0 Å². The molecule has 4 nitrogen and oxygen atoms in total. The molecule has 0 aliphatic heterocycles. The zero-order chi connectivity index (χ0) is 14.5. The standard InChI is InChI=1S/C15H14BrNO3/c1-20-13-7-3-6-12(14(13)18)15(19)17-11-5-2-4-10(8-11)9-16/h2-8,18H,9H2,1H3,(H,17,19). The van der Waals surface area contributed by atoms with Crippen LogP contribution in [0.4, 0.5) is 5.69 Å². The highest BCUT2D eigenvalue weighted by Crippen LogP contribution is 2.29. The van der Waals surface area contributed by atoms with Gasteiger partial charge in [0.1, 0.15) is 0 Å². The average molecular weight is 336 g/mol. The summed E-state index contributed by atoms with van der Waals surface area (Å²) in [5, 5.41) is 13.4. The molecule has 0 bridgehead atoms. The first-order chi connectivity index (χ1) is 9.65. The van der Waals surface area contributed by atoms with Gasteiger partial charge in [0.15, 0.2) is 11.5 Å². The Hall–Kier alpha value is -2.01. The second-order valence-corrected chi connectivity index (χ2v) is 4.71. The van der Waals surface area contributed by atoms with E-state index in [4.69, 9.17) is 4.74 Å². The molecule has 0 unspecified atom stereocenters. The van der Waals surface area contributed by atoms with Crippen LogP contribution in [-0.4, -0.2) is 18.1 Å². The lowest BCUT2D eigenvalue weighted by molar-refractivity contribution is 0.102. The highest BCUT2D eigenvalue weighted by molar-refractivity contribution is 9.08. The van der Waals surface area contributed by atoms with Gasteiger partial charge in [0.05, 0.1) is 12.7 Å². The first-order valence-corrected chi connectivity index (χ1v) is 7.10. The third-order valence-electron chi connectivity index (χ3n) is 2.80. The number of nitrogens with one attached hydrogen (secondary N) is 1. The molecule has 5 heteroatoms. The van der Waals surface area contributed by atoms with Crippen LogP contribution >= 0.6 is 15.9 Å². The van der Waals surface area contributed by atoms with E-state index >= 15 is 0 Å². The molecule has 0 aliphatic carbocycles. The van der Waals surface area contributed by atoms with Crippen LogP contribution in [0.15, 0.2) is 42.5 Å². The number of anilines is 1. The summed E-state index contributed by atoms with van der Waals surface area (Å²) in [6.07, 6.45) is 0. The van der Waals surface area contributed by atoms with Crippen LogP contribution in [0.3, 0.4) is 0 Å². The fourth-order valence-corrected chi connectivity index (χ4v) is 2.15. The topological polar surface area (TPSA) is 58.6 Å². The molecular formula is C15H14BrNO3.